The number of ketones is 1. The largest absolute Gasteiger partial charge is 0.497 e. The van der Waals surface area contributed by atoms with Crippen LogP contribution in [-0.4, -0.2) is 58.2 Å². The van der Waals surface area contributed by atoms with Gasteiger partial charge in [-0.15, -0.1) is 0 Å². The molecule has 1 N–H and O–H groups in total. The molecule has 0 saturated carbocycles. The SMILES string of the molecule is COCC(C)n1c(C)cc(C(=O)COC(=O)C(NS(=O)(=O)c2ccc(OC)cc2)C(C)C)c1C. The number of aryl methyl sites for hydroxylation is 1. The first-order valence-electron chi connectivity index (χ1n) is 11.0. The topological polar surface area (TPSA) is 113 Å². The second kappa shape index (κ2) is 11.6. The molecule has 0 aliphatic heterocycles. The van der Waals surface area contributed by atoms with Gasteiger partial charge in [-0.3, -0.25) is 9.59 Å². The summed E-state index contributed by atoms with van der Waals surface area (Å²) in [7, 11) is -0.903. The molecule has 1 aromatic heterocycles. The molecule has 9 nitrogen and oxygen atoms in total. The number of carbonyl (C=O) groups excluding carboxylic acids is 2. The third-order valence-electron chi connectivity index (χ3n) is 5.55. The van der Waals surface area contributed by atoms with Gasteiger partial charge in [-0.05, 0) is 57.0 Å². The summed E-state index contributed by atoms with van der Waals surface area (Å²) in [4.78, 5) is 25.5. The van der Waals surface area contributed by atoms with Gasteiger partial charge in [-0.2, -0.15) is 4.72 Å². The number of methoxy groups -OCH3 is 2. The van der Waals surface area contributed by atoms with E-state index in [1.807, 2.05) is 25.3 Å². The molecule has 2 atom stereocenters. The fourth-order valence-corrected chi connectivity index (χ4v) is 5.14. The normalized spacial score (nSPS) is 13.5. The fraction of sp³-hybridized carbons (Fsp3) is 0.500. The molecule has 1 aromatic carbocycles. The van der Waals surface area contributed by atoms with E-state index in [0.29, 0.717) is 17.9 Å². The minimum absolute atomic E-state index is 0.0135. The highest BCUT2D eigenvalue weighted by Gasteiger charge is 2.30. The van der Waals surface area contributed by atoms with Gasteiger partial charge < -0.3 is 18.8 Å². The van der Waals surface area contributed by atoms with Crippen molar-refractivity contribution >= 4 is 21.8 Å². The van der Waals surface area contributed by atoms with E-state index < -0.39 is 34.6 Å². The maximum atomic E-state index is 12.8. The van der Waals surface area contributed by atoms with Crippen LogP contribution in [0.3, 0.4) is 0 Å². The monoisotopic (exact) mass is 494 g/mol. The van der Waals surface area contributed by atoms with E-state index in [4.69, 9.17) is 14.2 Å². The molecular formula is C24H34N2O7S. The van der Waals surface area contributed by atoms with Crippen molar-refractivity contribution < 1.29 is 32.2 Å². The second-order valence-corrected chi connectivity index (χ2v) is 10.2. The second-order valence-electron chi connectivity index (χ2n) is 8.51. The third-order valence-corrected chi connectivity index (χ3v) is 7.01. The van der Waals surface area contributed by atoms with Gasteiger partial charge >= 0.3 is 5.97 Å². The van der Waals surface area contributed by atoms with Crippen molar-refractivity contribution in [2.75, 3.05) is 27.4 Å². The maximum absolute atomic E-state index is 12.8. The molecule has 1 heterocycles. The summed E-state index contributed by atoms with van der Waals surface area (Å²) in [6.07, 6.45) is 0. The highest BCUT2D eigenvalue weighted by atomic mass is 32.2. The Hall–Kier alpha value is -2.69. The number of nitrogens with zero attached hydrogens (tertiary/aromatic N) is 1. The molecule has 0 radical (unpaired) electrons. The Balaban J connectivity index is 2.12. The number of carbonyl (C=O) groups is 2. The number of sulfonamides is 1. The minimum Gasteiger partial charge on any atom is -0.497 e. The summed E-state index contributed by atoms with van der Waals surface area (Å²) in [5.74, 6) is -1.08. The standard InChI is InChI=1S/C24H34N2O7S/c1-15(2)23(25-34(29,30)20-10-8-19(32-7)9-11-20)24(28)33-14-22(27)21-12-16(3)26(18(21)5)17(4)13-31-6/h8-12,15,17,23,25H,13-14H2,1-7H3. The Morgan fingerprint density at radius 1 is 1.06 bits per heavy atom. The lowest BCUT2D eigenvalue weighted by Crippen LogP contribution is -2.45. The van der Waals surface area contributed by atoms with E-state index in [1.54, 1.807) is 27.0 Å². The first kappa shape index (κ1) is 27.6. The van der Waals surface area contributed by atoms with E-state index in [-0.39, 0.29) is 16.7 Å². The molecule has 2 unspecified atom stereocenters. The lowest BCUT2D eigenvalue weighted by molar-refractivity contribution is -0.145. The molecule has 0 fully saturated rings. The number of hydrogen-bond donors (Lipinski definition) is 1. The lowest BCUT2D eigenvalue weighted by Gasteiger charge is -2.21. The number of aromatic nitrogens is 1. The molecule has 0 aliphatic carbocycles. The van der Waals surface area contributed by atoms with Crippen molar-refractivity contribution in [1.29, 1.82) is 0 Å². The van der Waals surface area contributed by atoms with Crippen LogP contribution in [0.15, 0.2) is 35.2 Å². The third kappa shape index (κ3) is 6.46. The molecule has 34 heavy (non-hydrogen) atoms. The average molecular weight is 495 g/mol. The van der Waals surface area contributed by atoms with Crippen LogP contribution in [0.25, 0.3) is 0 Å². The van der Waals surface area contributed by atoms with Crippen molar-refractivity contribution in [2.45, 2.75) is 51.6 Å². The minimum atomic E-state index is -4.00. The van der Waals surface area contributed by atoms with Crippen molar-refractivity contribution in [1.82, 2.24) is 9.29 Å². The van der Waals surface area contributed by atoms with E-state index >= 15 is 0 Å². The summed E-state index contributed by atoms with van der Waals surface area (Å²) < 4.78 is 45.4. The molecule has 0 saturated heterocycles. The molecule has 0 bridgehead atoms. The van der Waals surface area contributed by atoms with Gasteiger partial charge in [0.2, 0.25) is 15.8 Å². The number of esters is 1. The van der Waals surface area contributed by atoms with Crippen molar-refractivity contribution in [3.05, 3.63) is 47.3 Å². The number of nitrogens with one attached hydrogen (secondary N) is 1. The first-order chi connectivity index (χ1) is 15.9. The molecule has 0 aliphatic rings. The summed E-state index contributed by atoms with van der Waals surface area (Å²) in [6.45, 7) is 9.08. The summed E-state index contributed by atoms with van der Waals surface area (Å²) in [5, 5.41) is 0. The molecule has 0 amide bonds. The number of benzene rings is 1. The quantitative estimate of drug-likeness (QED) is 0.356. The van der Waals surface area contributed by atoms with Crippen LogP contribution in [0.2, 0.25) is 0 Å². The van der Waals surface area contributed by atoms with Crippen LogP contribution in [0.4, 0.5) is 0 Å². The van der Waals surface area contributed by atoms with Gasteiger partial charge in [0.25, 0.3) is 0 Å². The zero-order valence-corrected chi connectivity index (χ0v) is 21.6. The smallest absolute Gasteiger partial charge is 0.324 e. The van der Waals surface area contributed by atoms with Gasteiger partial charge in [-0.1, -0.05) is 13.8 Å². The average Bonchev–Trinajstić information content (AvgIpc) is 3.09. The highest BCUT2D eigenvalue weighted by Crippen LogP contribution is 2.22. The number of ether oxygens (including phenoxy) is 3. The Morgan fingerprint density at radius 2 is 1.68 bits per heavy atom. The predicted octanol–water partition coefficient (Wildman–Crippen LogP) is 3.05. The molecule has 2 aromatic rings. The Kier molecular flexibility index (Phi) is 9.43. The van der Waals surface area contributed by atoms with E-state index in [1.165, 1.54) is 31.4 Å². The number of Topliss-reactive ketones (excluding diaryl/α,β-unsaturated/α-hetero) is 1. The van der Waals surface area contributed by atoms with Crippen molar-refractivity contribution in [3.8, 4) is 5.75 Å². The number of rotatable bonds is 12. The number of hydrogen-bond acceptors (Lipinski definition) is 7. The van der Waals surface area contributed by atoms with Crippen LogP contribution in [0.5, 0.6) is 5.75 Å². The zero-order chi connectivity index (χ0) is 25.6. The van der Waals surface area contributed by atoms with Gasteiger partial charge in [0.1, 0.15) is 11.8 Å². The van der Waals surface area contributed by atoms with Crippen LogP contribution >= 0.6 is 0 Å². The summed E-state index contributed by atoms with van der Waals surface area (Å²) in [5.41, 5.74) is 2.10. The lowest BCUT2D eigenvalue weighted by atomic mass is 10.1. The Bertz CT molecular complexity index is 1110. The zero-order valence-electron chi connectivity index (χ0n) is 20.7. The van der Waals surface area contributed by atoms with E-state index in [2.05, 4.69) is 4.72 Å². The molecule has 2 rings (SSSR count). The van der Waals surface area contributed by atoms with Crippen LogP contribution in [0, 0.1) is 19.8 Å². The van der Waals surface area contributed by atoms with Crippen LogP contribution in [0.1, 0.15) is 48.6 Å². The Morgan fingerprint density at radius 3 is 2.21 bits per heavy atom. The summed E-state index contributed by atoms with van der Waals surface area (Å²) in [6, 6.07) is 6.42. The van der Waals surface area contributed by atoms with Gasteiger partial charge in [-0.25, -0.2) is 8.42 Å². The molecule has 188 valence electrons. The van der Waals surface area contributed by atoms with E-state index in [0.717, 1.165) is 11.4 Å². The maximum Gasteiger partial charge on any atom is 0.324 e. The van der Waals surface area contributed by atoms with Gasteiger partial charge in [0.15, 0.2) is 6.61 Å². The van der Waals surface area contributed by atoms with E-state index in [9.17, 15) is 18.0 Å². The fourth-order valence-electron chi connectivity index (χ4n) is 3.80. The summed E-state index contributed by atoms with van der Waals surface area (Å²) >= 11 is 0. The molecule has 10 heteroatoms. The van der Waals surface area contributed by atoms with Crippen LogP contribution < -0.4 is 9.46 Å². The van der Waals surface area contributed by atoms with Gasteiger partial charge in [0.05, 0.1) is 24.7 Å². The van der Waals surface area contributed by atoms with Gasteiger partial charge in [0, 0.05) is 24.1 Å². The van der Waals surface area contributed by atoms with Crippen LogP contribution in [-0.2, 0) is 24.3 Å². The van der Waals surface area contributed by atoms with Crippen molar-refractivity contribution in [2.24, 2.45) is 5.92 Å². The molecular weight excluding hydrogens is 460 g/mol. The van der Waals surface area contributed by atoms with Crippen molar-refractivity contribution in [3.63, 3.8) is 0 Å². The highest BCUT2D eigenvalue weighted by molar-refractivity contribution is 7.89. The predicted molar refractivity (Wildman–Crippen MR) is 128 cm³/mol. The molecule has 0 spiro atoms. The first-order valence-corrected chi connectivity index (χ1v) is 12.4. The Labute approximate surface area is 201 Å².